The molecule has 1 aromatic rings. The van der Waals surface area contributed by atoms with E-state index in [9.17, 15) is 14.4 Å². The number of carbonyl (C=O) groups is 3. The molecule has 0 spiro atoms. The van der Waals surface area contributed by atoms with Gasteiger partial charge in [-0.25, -0.2) is 0 Å². The maximum Gasteiger partial charge on any atom is 0.233 e. The monoisotopic (exact) mass is 422 g/mol. The molecule has 4 atom stereocenters. The highest BCUT2D eigenvalue weighted by Gasteiger charge is 2.58. The number of amides is 3. The number of carbonyl (C=O) groups excluding carboxylic acids is 3. The normalized spacial score (nSPS) is 29.4. The quantitative estimate of drug-likeness (QED) is 0.597. The average molecular weight is 424 g/mol. The van der Waals surface area contributed by atoms with E-state index >= 15 is 0 Å². The zero-order valence-electron chi connectivity index (χ0n) is 13.2. The van der Waals surface area contributed by atoms with Crippen molar-refractivity contribution in [2.45, 2.75) is 12.8 Å². The summed E-state index contributed by atoms with van der Waals surface area (Å²) in [5, 5.41) is 3.14. The van der Waals surface area contributed by atoms with E-state index in [4.69, 9.17) is 11.6 Å². The largest absolute Gasteiger partial charge is 0.325 e. The third-order valence-corrected chi connectivity index (χ3v) is 6.14. The van der Waals surface area contributed by atoms with Gasteiger partial charge < -0.3 is 5.32 Å². The molecule has 7 heteroatoms. The van der Waals surface area contributed by atoms with Crippen molar-refractivity contribution in [1.82, 2.24) is 4.90 Å². The van der Waals surface area contributed by atoms with E-state index in [1.807, 2.05) is 0 Å². The molecular weight excluding hydrogens is 408 g/mol. The number of benzene rings is 1. The number of likely N-dealkylation sites (tertiary alicyclic amines) is 1. The number of halogens is 2. The number of hydrogen-bond donors (Lipinski definition) is 1. The lowest BCUT2D eigenvalue weighted by Crippen LogP contribution is -2.35. The summed E-state index contributed by atoms with van der Waals surface area (Å²) in [5.74, 6) is -0.581. The molecule has 3 aliphatic rings. The topological polar surface area (TPSA) is 66.5 Å². The van der Waals surface area contributed by atoms with Crippen LogP contribution in [0.1, 0.15) is 12.8 Å². The van der Waals surface area contributed by atoms with Crippen LogP contribution >= 0.6 is 27.5 Å². The number of hydrogen-bond acceptors (Lipinski definition) is 3. The summed E-state index contributed by atoms with van der Waals surface area (Å²) in [4.78, 5) is 38.6. The van der Waals surface area contributed by atoms with E-state index in [1.54, 1.807) is 18.2 Å². The van der Waals surface area contributed by atoms with Crippen molar-refractivity contribution in [1.29, 1.82) is 0 Å². The second-order valence-corrected chi connectivity index (χ2v) is 8.07. The van der Waals surface area contributed by atoms with E-state index in [-0.39, 0.29) is 54.4 Å². The van der Waals surface area contributed by atoms with Crippen LogP contribution in [-0.2, 0) is 14.4 Å². The summed E-state index contributed by atoms with van der Waals surface area (Å²) in [6.45, 7) is 0.115. The van der Waals surface area contributed by atoms with E-state index in [1.165, 1.54) is 4.90 Å². The first kappa shape index (κ1) is 16.8. The minimum absolute atomic E-state index is 0.0616. The fourth-order valence-corrected chi connectivity index (χ4v) is 4.92. The first-order valence-corrected chi connectivity index (χ1v) is 9.41. The Morgan fingerprint density at radius 1 is 1.20 bits per heavy atom. The molecule has 2 aliphatic carbocycles. The van der Waals surface area contributed by atoms with Crippen LogP contribution in [0.25, 0.3) is 0 Å². The fourth-order valence-electron chi connectivity index (χ4n) is 4.20. The zero-order chi connectivity index (χ0) is 17.7. The molecule has 0 unspecified atom stereocenters. The molecule has 130 valence electrons. The van der Waals surface area contributed by atoms with Gasteiger partial charge >= 0.3 is 0 Å². The van der Waals surface area contributed by atoms with Crippen LogP contribution < -0.4 is 5.32 Å². The molecule has 1 aromatic carbocycles. The summed E-state index contributed by atoms with van der Waals surface area (Å²) >= 11 is 9.39. The molecule has 1 saturated heterocycles. The molecule has 5 nitrogen and oxygen atoms in total. The van der Waals surface area contributed by atoms with Crippen molar-refractivity contribution in [3.8, 4) is 0 Å². The molecule has 4 rings (SSSR count). The van der Waals surface area contributed by atoms with Gasteiger partial charge in [0.15, 0.2) is 0 Å². The van der Waals surface area contributed by atoms with Gasteiger partial charge in [0.25, 0.3) is 0 Å². The van der Waals surface area contributed by atoms with Crippen molar-refractivity contribution in [3.05, 3.63) is 39.8 Å². The minimum atomic E-state index is -0.275. The van der Waals surface area contributed by atoms with Crippen LogP contribution in [-0.4, -0.2) is 29.2 Å². The van der Waals surface area contributed by atoms with Gasteiger partial charge in [-0.3, -0.25) is 19.3 Å². The fraction of sp³-hybridized carbons (Fsp3) is 0.389. The second kappa shape index (κ2) is 6.25. The number of nitrogens with one attached hydrogen (secondary N) is 1. The highest BCUT2D eigenvalue weighted by Crippen LogP contribution is 2.52. The van der Waals surface area contributed by atoms with Gasteiger partial charge in [0.2, 0.25) is 17.7 Å². The number of fused-ring (bicyclic) bond motifs is 5. The third kappa shape index (κ3) is 2.81. The van der Waals surface area contributed by atoms with Crippen molar-refractivity contribution in [2.24, 2.45) is 23.7 Å². The minimum Gasteiger partial charge on any atom is -0.325 e. The van der Waals surface area contributed by atoms with E-state index in [0.29, 0.717) is 10.7 Å². The van der Waals surface area contributed by atoms with Crippen LogP contribution in [0.2, 0.25) is 5.02 Å². The molecule has 2 fully saturated rings. The summed E-state index contributed by atoms with van der Waals surface area (Å²) in [6, 6.07) is 5.16. The van der Waals surface area contributed by atoms with Crippen LogP contribution in [0, 0.1) is 23.7 Å². The predicted molar refractivity (Wildman–Crippen MR) is 96.8 cm³/mol. The standard InChI is InChI=1S/C18H16BrClN2O3/c19-11-3-4-13(12(20)8-11)21-14(23)5-6-22-17(24)15-9-1-2-10(7-9)16(15)18(22)25/h1-4,8-10,15-16H,5-7H2,(H,21,23)/t9-,10+,15-,16-/m0/s1. The van der Waals surface area contributed by atoms with Gasteiger partial charge in [0.1, 0.15) is 0 Å². The van der Waals surface area contributed by atoms with Crippen molar-refractivity contribution in [3.63, 3.8) is 0 Å². The lowest BCUT2D eigenvalue weighted by Gasteiger charge is -2.17. The number of rotatable bonds is 4. The smallest absolute Gasteiger partial charge is 0.233 e. The van der Waals surface area contributed by atoms with Crippen LogP contribution in [0.15, 0.2) is 34.8 Å². The Labute approximate surface area is 158 Å². The molecule has 1 saturated carbocycles. The maximum absolute atomic E-state index is 12.6. The Balaban J connectivity index is 1.38. The SMILES string of the molecule is O=C(CCN1C(=O)[C@@H]2[C@@H](C1=O)[C@H]1C=C[C@@H]2C1)Nc1ccc(Br)cc1Cl. The van der Waals surface area contributed by atoms with Gasteiger partial charge in [-0.05, 0) is 36.5 Å². The van der Waals surface area contributed by atoms with Crippen molar-refractivity contribution in [2.75, 3.05) is 11.9 Å². The van der Waals surface area contributed by atoms with E-state index < -0.39 is 0 Å². The zero-order valence-corrected chi connectivity index (χ0v) is 15.6. The Bertz CT molecular complexity index is 780. The average Bonchev–Trinajstić information content (AvgIpc) is 3.23. The molecular formula is C18H16BrClN2O3. The summed E-state index contributed by atoms with van der Waals surface area (Å²) < 4.78 is 0.818. The van der Waals surface area contributed by atoms with Crippen LogP contribution in [0.4, 0.5) is 5.69 Å². The number of allylic oxidation sites excluding steroid dienone is 2. The van der Waals surface area contributed by atoms with Crippen LogP contribution in [0.5, 0.6) is 0 Å². The molecule has 1 heterocycles. The van der Waals surface area contributed by atoms with Gasteiger partial charge in [-0.15, -0.1) is 0 Å². The molecule has 1 aliphatic heterocycles. The van der Waals surface area contributed by atoms with Gasteiger partial charge in [-0.2, -0.15) is 0 Å². The number of anilines is 1. The van der Waals surface area contributed by atoms with Gasteiger partial charge in [-0.1, -0.05) is 39.7 Å². The molecule has 1 N–H and O–H groups in total. The molecule has 3 amide bonds. The molecule has 2 bridgehead atoms. The number of imide groups is 1. The summed E-state index contributed by atoms with van der Waals surface area (Å²) in [7, 11) is 0. The lowest BCUT2D eigenvalue weighted by molar-refractivity contribution is -0.140. The Kier molecular flexibility index (Phi) is 4.20. The van der Waals surface area contributed by atoms with Crippen molar-refractivity contribution < 1.29 is 14.4 Å². The third-order valence-electron chi connectivity index (χ3n) is 5.33. The highest BCUT2D eigenvalue weighted by atomic mass is 79.9. The number of nitrogens with zero attached hydrogens (tertiary/aromatic N) is 1. The van der Waals surface area contributed by atoms with Crippen LogP contribution in [0.3, 0.4) is 0 Å². The van der Waals surface area contributed by atoms with Gasteiger partial charge in [0, 0.05) is 17.4 Å². The highest BCUT2D eigenvalue weighted by molar-refractivity contribution is 9.10. The Morgan fingerprint density at radius 3 is 2.44 bits per heavy atom. The first-order chi connectivity index (χ1) is 12.0. The molecule has 25 heavy (non-hydrogen) atoms. The van der Waals surface area contributed by atoms with E-state index in [2.05, 4.69) is 33.4 Å². The summed E-state index contributed by atoms with van der Waals surface area (Å²) in [6.07, 6.45) is 5.08. The Morgan fingerprint density at radius 2 is 1.84 bits per heavy atom. The predicted octanol–water partition coefficient (Wildman–Crippen LogP) is 3.24. The van der Waals surface area contributed by atoms with Gasteiger partial charge in [0.05, 0.1) is 22.5 Å². The maximum atomic E-state index is 12.6. The molecule has 0 radical (unpaired) electrons. The second-order valence-electron chi connectivity index (χ2n) is 6.75. The first-order valence-electron chi connectivity index (χ1n) is 8.24. The summed E-state index contributed by atoms with van der Waals surface area (Å²) in [5.41, 5.74) is 0.507. The Hall–Kier alpha value is -1.66. The lowest BCUT2D eigenvalue weighted by atomic mass is 9.85. The van der Waals surface area contributed by atoms with E-state index in [0.717, 1.165) is 10.9 Å². The van der Waals surface area contributed by atoms with Crippen molar-refractivity contribution >= 4 is 50.9 Å². The molecule has 0 aromatic heterocycles.